The topological polar surface area (TPSA) is 46.3 Å². The maximum Gasteiger partial charge on any atom is 0.258 e. The third-order valence-electron chi connectivity index (χ3n) is 2.99. The van der Waals surface area contributed by atoms with Gasteiger partial charge in [-0.2, -0.15) is 0 Å². The zero-order valence-electron chi connectivity index (χ0n) is 11.3. The molecular weight excluding hydrogens is 316 g/mol. The molecule has 0 unspecified atom stereocenters. The minimum absolute atomic E-state index is 0.00382. The van der Waals surface area contributed by atoms with Gasteiger partial charge in [-0.05, 0) is 55.0 Å². The summed E-state index contributed by atoms with van der Waals surface area (Å²) in [5, 5.41) is 0. The van der Waals surface area contributed by atoms with Crippen molar-refractivity contribution >= 4 is 33.2 Å². The molecular formula is C16H17BrN2O. The summed E-state index contributed by atoms with van der Waals surface area (Å²) in [6.45, 7) is 2.73. The normalized spacial score (nSPS) is 10.3. The van der Waals surface area contributed by atoms with E-state index in [2.05, 4.69) is 22.9 Å². The number of hydrogen-bond acceptors (Lipinski definition) is 2. The maximum absolute atomic E-state index is 12.6. The van der Waals surface area contributed by atoms with E-state index in [9.17, 15) is 4.79 Å². The molecule has 2 rings (SSSR count). The second-order valence-corrected chi connectivity index (χ2v) is 5.47. The van der Waals surface area contributed by atoms with Crippen molar-refractivity contribution in [2.24, 2.45) is 0 Å². The third kappa shape index (κ3) is 3.39. The van der Waals surface area contributed by atoms with Crippen LogP contribution in [0.3, 0.4) is 0 Å². The fourth-order valence-corrected chi connectivity index (χ4v) is 2.24. The van der Waals surface area contributed by atoms with Crippen LogP contribution in [0, 0.1) is 0 Å². The second kappa shape index (κ2) is 6.57. The van der Waals surface area contributed by atoms with Crippen LogP contribution in [-0.2, 0) is 0 Å². The van der Waals surface area contributed by atoms with Gasteiger partial charge in [0.15, 0.2) is 0 Å². The van der Waals surface area contributed by atoms with Gasteiger partial charge < -0.3 is 10.6 Å². The summed E-state index contributed by atoms with van der Waals surface area (Å²) < 4.78 is 0.962. The number of hydrogen-bond donors (Lipinski definition) is 1. The number of benzene rings is 2. The quantitative estimate of drug-likeness (QED) is 0.857. The Bertz CT molecular complexity index is 578. The molecule has 0 aliphatic rings. The van der Waals surface area contributed by atoms with Gasteiger partial charge in [-0.25, -0.2) is 0 Å². The summed E-state index contributed by atoms with van der Waals surface area (Å²) in [6.07, 6.45) is 0.895. The Morgan fingerprint density at radius 1 is 1.10 bits per heavy atom. The van der Waals surface area contributed by atoms with Gasteiger partial charge in [-0.1, -0.05) is 22.9 Å². The standard InChI is InChI=1S/C16H17BrN2O/c1-2-11-19(15-9-7-14(18)8-10-15)16(20)12-3-5-13(17)6-4-12/h3-10H,2,11,18H2,1H3. The van der Waals surface area contributed by atoms with Crippen molar-refractivity contribution in [1.29, 1.82) is 0 Å². The molecule has 1 amide bonds. The van der Waals surface area contributed by atoms with Crippen molar-refractivity contribution in [2.75, 3.05) is 17.2 Å². The molecule has 0 atom stereocenters. The number of halogens is 1. The molecule has 0 saturated carbocycles. The lowest BCUT2D eigenvalue weighted by molar-refractivity contribution is 0.0987. The van der Waals surface area contributed by atoms with Gasteiger partial charge in [-0.3, -0.25) is 4.79 Å². The first-order chi connectivity index (χ1) is 9.61. The molecule has 104 valence electrons. The second-order valence-electron chi connectivity index (χ2n) is 4.56. The summed E-state index contributed by atoms with van der Waals surface area (Å²) in [4.78, 5) is 14.4. The van der Waals surface area contributed by atoms with E-state index < -0.39 is 0 Å². The minimum Gasteiger partial charge on any atom is -0.399 e. The molecule has 0 aliphatic carbocycles. The van der Waals surface area contributed by atoms with Crippen LogP contribution < -0.4 is 10.6 Å². The fraction of sp³-hybridized carbons (Fsp3) is 0.188. The Morgan fingerprint density at radius 3 is 2.25 bits per heavy atom. The van der Waals surface area contributed by atoms with E-state index in [0.717, 1.165) is 16.6 Å². The van der Waals surface area contributed by atoms with E-state index in [0.29, 0.717) is 17.8 Å². The van der Waals surface area contributed by atoms with Crippen molar-refractivity contribution in [3.05, 3.63) is 58.6 Å². The van der Waals surface area contributed by atoms with Crippen LogP contribution in [0.2, 0.25) is 0 Å². The van der Waals surface area contributed by atoms with Crippen LogP contribution in [0.15, 0.2) is 53.0 Å². The van der Waals surface area contributed by atoms with Crippen molar-refractivity contribution in [3.8, 4) is 0 Å². The first kappa shape index (κ1) is 14.6. The summed E-state index contributed by atoms with van der Waals surface area (Å²) in [5.41, 5.74) is 7.94. The predicted octanol–water partition coefficient (Wildman–Crippen LogP) is 4.09. The van der Waals surface area contributed by atoms with Crippen LogP contribution in [0.25, 0.3) is 0 Å². The van der Waals surface area contributed by atoms with Crippen molar-refractivity contribution in [3.63, 3.8) is 0 Å². The van der Waals surface area contributed by atoms with Gasteiger partial charge in [0.1, 0.15) is 0 Å². The molecule has 0 aliphatic heterocycles. The largest absolute Gasteiger partial charge is 0.399 e. The molecule has 0 heterocycles. The van der Waals surface area contributed by atoms with Crippen LogP contribution >= 0.6 is 15.9 Å². The summed E-state index contributed by atoms with van der Waals surface area (Å²) in [6, 6.07) is 14.8. The molecule has 4 heteroatoms. The molecule has 0 fully saturated rings. The highest BCUT2D eigenvalue weighted by Crippen LogP contribution is 2.20. The number of nitrogens with zero attached hydrogens (tertiary/aromatic N) is 1. The van der Waals surface area contributed by atoms with Crippen molar-refractivity contribution in [2.45, 2.75) is 13.3 Å². The lowest BCUT2D eigenvalue weighted by Crippen LogP contribution is -2.31. The number of nitrogens with two attached hydrogens (primary N) is 1. The molecule has 0 radical (unpaired) electrons. The molecule has 2 aromatic carbocycles. The smallest absolute Gasteiger partial charge is 0.258 e. The van der Waals surface area contributed by atoms with Gasteiger partial charge in [0.2, 0.25) is 0 Å². The molecule has 20 heavy (non-hydrogen) atoms. The van der Waals surface area contributed by atoms with Gasteiger partial charge in [0.05, 0.1) is 0 Å². The Hall–Kier alpha value is -1.81. The molecule has 0 aromatic heterocycles. The minimum atomic E-state index is 0.00382. The fourth-order valence-electron chi connectivity index (χ4n) is 1.97. The van der Waals surface area contributed by atoms with E-state index >= 15 is 0 Å². The Labute approximate surface area is 127 Å². The van der Waals surface area contributed by atoms with E-state index in [-0.39, 0.29) is 5.91 Å². The van der Waals surface area contributed by atoms with Crippen LogP contribution in [0.1, 0.15) is 23.7 Å². The van der Waals surface area contributed by atoms with Gasteiger partial charge in [0.25, 0.3) is 5.91 Å². The van der Waals surface area contributed by atoms with E-state index in [4.69, 9.17) is 5.73 Å². The number of carbonyl (C=O) groups excluding carboxylic acids is 1. The number of amides is 1. The lowest BCUT2D eigenvalue weighted by Gasteiger charge is -2.22. The van der Waals surface area contributed by atoms with Gasteiger partial charge in [-0.15, -0.1) is 0 Å². The molecule has 2 aromatic rings. The van der Waals surface area contributed by atoms with E-state index in [1.54, 1.807) is 4.90 Å². The van der Waals surface area contributed by atoms with E-state index in [1.165, 1.54) is 0 Å². The van der Waals surface area contributed by atoms with Crippen LogP contribution in [0.4, 0.5) is 11.4 Å². The van der Waals surface area contributed by atoms with Crippen molar-refractivity contribution in [1.82, 2.24) is 0 Å². The van der Waals surface area contributed by atoms with Gasteiger partial charge in [0, 0.05) is 28.0 Å². The maximum atomic E-state index is 12.6. The number of nitrogen functional groups attached to an aromatic ring is 1. The highest BCUT2D eigenvalue weighted by molar-refractivity contribution is 9.10. The summed E-state index contributed by atoms with van der Waals surface area (Å²) in [5.74, 6) is 0.00382. The Balaban J connectivity index is 2.30. The molecule has 0 saturated heterocycles. The average Bonchev–Trinajstić information content (AvgIpc) is 2.46. The molecule has 0 bridgehead atoms. The molecule has 0 spiro atoms. The van der Waals surface area contributed by atoms with Crippen LogP contribution in [-0.4, -0.2) is 12.5 Å². The summed E-state index contributed by atoms with van der Waals surface area (Å²) in [7, 11) is 0. The zero-order valence-corrected chi connectivity index (χ0v) is 12.9. The van der Waals surface area contributed by atoms with E-state index in [1.807, 2.05) is 48.5 Å². The average molecular weight is 333 g/mol. The predicted molar refractivity (Wildman–Crippen MR) is 87.0 cm³/mol. The van der Waals surface area contributed by atoms with Gasteiger partial charge >= 0.3 is 0 Å². The highest BCUT2D eigenvalue weighted by atomic mass is 79.9. The molecule has 2 N–H and O–H groups in total. The first-order valence-corrected chi connectivity index (χ1v) is 7.34. The SMILES string of the molecule is CCCN(C(=O)c1ccc(Br)cc1)c1ccc(N)cc1. The van der Waals surface area contributed by atoms with Crippen LogP contribution in [0.5, 0.6) is 0 Å². The zero-order chi connectivity index (χ0) is 14.5. The Kier molecular flexibility index (Phi) is 4.79. The third-order valence-corrected chi connectivity index (χ3v) is 3.52. The highest BCUT2D eigenvalue weighted by Gasteiger charge is 2.16. The Morgan fingerprint density at radius 2 is 1.70 bits per heavy atom. The summed E-state index contributed by atoms with van der Waals surface area (Å²) >= 11 is 3.38. The lowest BCUT2D eigenvalue weighted by atomic mass is 10.1. The first-order valence-electron chi connectivity index (χ1n) is 6.55. The monoisotopic (exact) mass is 332 g/mol. The number of rotatable bonds is 4. The number of anilines is 2. The number of carbonyl (C=O) groups is 1. The molecule has 3 nitrogen and oxygen atoms in total. The van der Waals surface area contributed by atoms with Crippen molar-refractivity contribution < 1.29 is 4.79 Å².